The van der Waals surface area contributed by atoms with Crippen molar-refractivity contribution in [2.24, 2.45) is 5.73 Å². The minimum atomic E-state index is -4.60. The fraction of sp³-hybridized carbons (Fsp3) is 0.200. The Kier molecular flexibility index (Phi) is 3.78. The van der Waals surface area contributed by atoms with Crippen LogP contribution < -0.4 is 10.5 Å². The number of alkyl halides is 3. The molecule has 3 heterocycles. The lowest BCUT2D eigenvalue weighted by Crippen LogP contribution is -2.29. The third-order valence-corrected chi connectivity index (χ3v) is 4.77. The highest BCUT2D eigenvalue weighted by Gasteiger charge is 2.42. The van der Waals surface area contributed by atoms with Crippen molar-refractivity contribution in [1.29, 1.82) is 0 Å². The van der Waals surface area contributed by atoms with Gasteiger partial charge in [-0.25, -0.2) is 0 Å². The number of carbonyl (C=O) groups excluding carboxylic acids is 1. The molecule has 1 aliphatic heterocycles. The van der Waals surface area contributed by atoms with Gasteiger partial charge < -0.3 is 15.5 Å². The Hall–Kier alpha value is -3.29. The highest BCUT2D eigenvalue weighted by molar-refractivity contribution is 6.02. The van der Waals surface area contributed by atoms with Gasteiger partial charge in [-0.1, -0.05) is 18.2 Å². The van der Waals surface area contributed by atoms with Crippen LogP contribution in [-0.4, -0.2) is 15.9 Å². The number of aromatic amines is 1. The second-order valence-electron chi connectivity index (χ2n) is 7.02. The first-order valence-electron chi connectivity index (χ1n) is 8.47. The normalized spacial score (nSPS) is 14.8. The number of primary amides is 1. The van der Waals surface area contributed by atoms with E-state index in [4.69, 9.17) is 10.5 Å². The van der Waals surface area contributed by atoms with Crippen LogP contribution in [0.2, 0.25) is 0 Å². The molecule has 4 rings (SSSR count). The van der Waals surface area contributed by atoms with E-state index >= 15 is 0 Å². The Morgan fingerprint density at radius 2 is 1.89 bits per heavy atom. The molecule has 0 aliphatic carbocycles. The summed E-state index contributed by atoms with van der Waals surface area (Å²) >= 11 is 0. The third-order valence-electron chi connectivity index (χ3n) is 4.77. The number of halogens is 3. The van der Waals surface area contributed by atoms with E-state index in [1.165, 1.54) is 24.4 Å². The molecule has 0 saturated carbocycles. The molecule has 1 aliphatic rings. The summed E-state index contributed by atoms with van der Waals surface area (Å²) in [5.74, 6) is -0.388. The highest BCUT2D eigenvalue weighted by Crippen LogP contribution is 2.51. The minimum absolute atomic E-state index is 0.0944. The van der Waals surface area contributed by atoms with Crippen molar-refractivity contribution in [3.63, 3.8) is 0 Å². The van der Waals surface area contributed by atoms with Crippen LogP contribution in [0.1, 0.15) is 35.5 Å². The van der Waals surface area contributed by atoms with Crippen molar-refractivity contribution in [1.82, 2.24) is 9.97 Å². The summed E-state index contributed by atoms with van der Waals surface area (Å²) < 4.78 is 47.0. The SMILES string of the molecule is CC1(C)Oc2cnccc2-c2[nH]c(C(N)=O)c(-c3ccccc3C(F)(F)F)c21. The lowest BCUT2D eigenvalue weighted by Gasteiger charge is -2.33. The Morgan fingerprint density at radius 3 is 2.57 bits per heavy atom. The van der Waals surface area contributed by atoms with Gasteiger partial charge in [0.15, 0.2) is 0 Å². The number of amides is 1. The second kappa shape index (κ2) is 5.85. The fourth-order valence-electron chi connectivity index (χ4n) is 3.70. The van der Waals surface area contributed by atoms with Crippen LogP contribution in [0.3, 0.4) is 0 Å². The molecule has 5 nitrogen and oxygen atoms in total. The number of fused-ring (bicyclic) bond motifs is 3. The zero-order chi connectivity index (χ0) is 20.3. The standard InChI is InChI=1S/C20H16F3N3O2/c1-19(2)15-14(10-5-3-4-6-12(10)20(21,22)23)17(18(24)27)26-16(15)11-7-8-25-9-13(11)28-19/h3-9,26H,1-2H3,(H2,24,27). The summed E-state index contributed by atoms with van der Waals surface area (Å²) in [6.07, 6.45) is -1.54. The second-order valence-corrected chi connectivity index (χ2v) is 7.02. The van der Waals surface area contributed by atoms with Crippen molar-refractivity contribution in [3.05, 3.63) is 59.5 Å². The zero-order valence-corrected chi connectivity index (χ0v) is 15.0. The molecule has 3 N–H and O–H groups in total. The molecule has 0 unspecified atom stereocenters. The summed E-state index contributed by atoms with van der Waals surface area (Å²) in [5, 5.41) is 0. The van der Waals surface area contributed by atoms with Crippen LogP contribution >= 0.6 is 0 Å². The molecule has 0 radical (unpaired) electrons. The lowest BCUT2D eigenvalue weighted by molar-refractivity contribution is -0.137. The van der Waals surface area contributed by atoms with Gasteiger partial charge in [0.1, 0.15) is 17.0 Å². The zero-order valence-electron chi connectivity index (χ0n) is 15.0. The van der Waals surface area contributed by atoms with Crippen LogP contribution in [0.25, 0.3) is 22.4 Å². The molecule has 1 aromatic carbocycles. The smallest absolute Gasteiger partial charge is 0.417 e. The molecule has 0 fully saturated rings. The van der Waals surface area contributed by atoms with Crippen LogP contribution in [0.4, 0.5) is 13.2 Å². The Labute approximate surface area is 158 Å². The number of hydrogen-bond acceptors (Lipinski definition) is 3. The number of benzene rings is 1. The summed E-state index contributed by atoms with van der Waals surface area (Å²) in [6.45, 7) is 3.44. The maximum atomic E-state index is 13.7. The van der Waals surface area contributed by atoms with Crippen LogP contribution in [0.15, 0.2) is 42.7 Å². The largest absolute Gasteiger partial charge is 0.481 e. The van der Waals surface area contributed by atoms with E-state index in [9.17, 15) is 18.0 Å². The van der Waals surface area contributed by atoms with Crippen molar-refractivity contribution < 1.29 is 22.7 Å². The number of carbonyl (C=O) groups is 1. The first-order chi connectivity index (χ1) is 13.1. The van der Waals surface area contributed by atoms with E-state index in [1.54, 1.807) is 26.1 Å². The number of H-pyrrole nitrogens is 1. The highest BCUT2D eigenvalue weighted by atomic mass is 19.4. The first-order valence-corrected chi connectivity index (χ1v) is 8.47. The summed E-state index contributed by atoms with van der Waals surface area (Å²) in [7, 11) is 0. The number of pyridine rings is 1. The Bertz CT molecular complexity index is 1100. The van der Waals surface area contributed by atoms with Gasteiger partial charge in [0.2, 0.25) is 0 Å². The van der Waals surface area contributed by atoms with E-state index in [1.807, 2.05) is 0 Å². The summed E-state index contributed by atoms with van der Waals surface area (Å²) in [4.78, 5) is 19.1. The van der Waals surface area contributed by atoms with Crippen molar-refractivity contribution >= 4 is 5.91 Å². The molecule has 0 spiro atoms. The monoisotopic (exact) mass is 387 g/mol. The van der Waals surface area contributed by atoms with Gasteiger partial charge in [0, 0.05) is 22.9 Å². The van der Waals surface area contributed by atoms with Crippen LogP contribution in [-0.2, 0) is 11.8 Å². The average molecular weight is 387 g/mol. The Balaban J connectivity index is 2.13. The number of aromatic nitrogens is 2. The predicted molar refractivity (Wildman–Crippen MR) is 96.6 cm³/mol. The number of nitrogens with one attached hydrogen (secondary N) is 1. The summed E-state index contributed by atoms with van der Waals surface area (Å²) in [5.41, 5.74) is 5.06. The van der Waals surface area contributed by atoms with Crippen molar-refractivity contribution in [3.8, 4) is 28.1 Å². The van der Waals surface area contributed by atoms with Gasteiger partial charge in [-0.3, -0.25) is 9.78 Å². The van der Waals surface area contributed by atoms with Gasteiger partial charge in [-0.15, -0.1) is 0 Å². The molecule has 3 aromatic rings. The average Bonchev–Trinajstić information content (AvgIpc) is 3.03. The molecule has 8 heteroatoms. The molecule has 144 valence electrons. The minimum Gasteiger partial charge on any atom is -0.481 e. The van der Waals surface area contributed by atoms with Gasteiger partial charge in [0.05, 0.1) is 17.5 Å². The van der Waals surface area contributed by atoms with E-state index in [2.05, 4.69) is 9.97 Å². The quantitative estimate of drug-likeness (QED) is 0.680. The molecular formula is C20H16F3N3O2. The van der Waals surface area contributed by atoms with Gasteiger partial charge >= 0.3 is 6.18 Å². The van der Waals surface area contributed by atoms with Crippen molar-refractivity contribution in [2.75, 3.05) is 0 Å². The van der Waals surface area contributed by atoms with Crippen LogP contribution in [0, 0.1) is 0 Å². The first kappa shape index (κ1) is 18.1. The van der Waals surface area contributed by atoms with E-state index in [0.29, 0.717) is 22.6 Å². The molecule has 2 aromatic heterocycles. The topological polar surface area (TPSA) is 81.0 Å². The lowest BCUT2D eigenvalue weighted by atomic mass is 9.84. The molecule has 0 atom stereocenters. The predicted octanol–water partition coefficient (Wildman–Crippen LogP) is 4.49. The maximum Gasteiger partial charge on any atom is 0.417 e. The molecule has 28 heavy (non-hydrogen) atoms. The molecule has 1 amide bonds. The number of nitrogens with two attached hydrogens (primary N) is 1. The van der Waals surface area contributed by atoms with E-state index in [0.717, 1.165) is 6.07 Å². The summed E-state index contributed by atoms with van der Waals surface area (Å²) in [6, 6.07) is 6.77. The Morgan fingerprint density at radius 1 is 1.18 bits per heavy atom. The number of rotatable bonds is 2. The number of nitrogens with zero attached hydrogens (tertiary/aromatic N) is 1. The van der Waals surface area contributed by atoms with E-state index < -0.39 is 23.2 Å². The van der Waals surface area contributed by atoms with Gasteiger partial charge in [0.25, 0.3) is 5.91 Å². The van der Waals surface area contributed by atoms with Crippen LogP contribution in [0.5, 0.6) is 5.75 Å². The van der Waals surface area contributed by atoms with Gasteiger partial charge in [-0.2, -0.15) is 13.2 Å². The number of hydrogen-bond donors (Lipinski definition) is 2. The molecular weight excluding hydrogens is 371 g/mol. The maximum absolute atomic E-state index is 13.7. The molecule has 0 bridgehead atoms. The molecule has 0 saturated heterocycles. The fourth-order valence-corrected chi connectivity index (χ4v) is 3.70. The van der Waals surface area contributed by atoms with Gasteiger partial charge in [-0.05, 0) is 31.5 Å². The van der Waals surface area contributed by atoms with E-state index in [-0.39, 0.29) is 16.8 Å². The van der Waals surface area contributed by atoms with Crippen molar-refractivity contribution in [2.45, 2.75) is 25.6 Å². The third kappa shape index (κ3) is 2.64. The number of ether oxygens (including phenoxy) is 1.